The molecule has 2 unspecified atom stereocenters. The maximum Gasteiger partial charge on any atom is 0.307 e. The maximum atomic E-state index is 12.4. The second-order valence-corrected chi connectivity index (χ2v) is 10.0. The smallest absolute Gasteiger partial charge is 0.307 e. The first-order valence-electron chi connectivity index (χ1n) is 11.4. The van der Waals surface area contributed by atoms with Crippen molar-refractivity contribution < 1.29 is 19.1 Å². The molecule has 0 saturated heterocycles. The zero-order valence-corrected chi connectivity index (χ0v) is 20.1. The first-order chi connectivity index (χ1) is 15.5. The van der Waals surface area contributed by atoms with Crippen molar-refractivity contribution in [2.24, 2.45) is 11.3 Å². The monoisotopic (exact) mass is 454 g/mol. The Morgan fingerprint density at radius 3 is 2.52 bits per heavy atom. The van der Waals surface area contributed by atoms with Gasteiger partial charge in [-0.15, -0.1) is 0 Å². The molecule has 2 aromatic rings. The number of nitrogens with one attached hydrogen (secondary N) is 2. The van der Waals surface area contributed by atoms with Crippen LogP contribution in [0, 0.1) is 11.3 Å². The summed E-state index contributed by atoms with van der Waals surface area (Å²) in [7, 11) is 0. The Labute approximate surface area is 194 Å². The third-order valence-electron chi connectivity index (χ3n) is 6.02. The normalized spacial score (nSPS) is 19.9. The van der Waals surface area contributed by atoms with Gasteiger partial charge < -0.3 is 19.8 Å². The van der Waals surface area contributed by atoms with Crippen LogP contribution in [0.5, 0.6) is 5.75 Å². The van der Waals surface area contributed by atoms with Gasteiger partial charge in [0.25, 0.3) is 0 Å². The standard InChI is InChI=1S/C16H24N2O4.C10H10O/c1-6-16(5,9-13(20)22-15(2,3)4)14(21)18-11-7-8-12(19)17-10-11;1-2-4-10-8(3-1)9-5-7(9)6-11-10/h7-8,10H,6,9H2,1-5H3,(H,17,19)(H,18,21);1-4,7,9H,5-6H2/t16-;/m0./s1. The number of anilines is 1. The molecule has 2 heterocycles. The molecule has 1 aliphatic heterocycles. The molecule has 0 radical (unpaired) electrons. The van der Waals surface area contributed by atoms with E-state index in [2.05, 4.69) is 28.5 Å². The number of esters is 1. The number of aromatic nitrogens is 1. The molecular formula is C26H34N2O5. The quantitative estimate of drug-likeness (QED) is 0.641. The lowest BCUT2D eigenvalue weighted by molar-refractivity contribution is -0.159. The summed E-state index contributed by atoms with van der Waals surface area (Å²) in [4.78, 5) is 37.9. The molecular weight excluding hydrogens is 420 g/mol. The first kappa shape index (κ1) is 24.6. The summed E-state index contributed by atoms with van der Waals surface area (Å²) in [5.41, 5.74) is 0.210. The lowest BCUT2D eigenvalue weighted by atomic mass is 9.83. The van der Waals surface area contributed by atoms with E-state index >= 15 is 0 Å². The largest absolute Gasteiger partial charge is 0.493 e. The molecule has 1 aromatic carbocycles. The SMILES string of the molecule is CC[C@@](C)(CC(=O)OC(C)(C)C)C(=O)Nc1ccc(=O)[nH]c1.c1ccc2c(c1)OCC1CC21. The van der Waals surface area contributed by atoms with Gasteiger partial charge in [-0.3, -0.25) is 14.4 Å². The van der Waals surface area contributed by atoms with Crippen LogP contribution in [-0.2, 0) is 14.3 Å². The first-order valence-corrected chi connectivity index (χ1v) is 11.4. The van der Waals surface area contributed by atoms with Crippen LogP contribution in [0.1, 0.15) is 65.4 Å². The van der Waals surface area contributed by atoms with Gasteiger partial charge in [-0.05, 0) is 57.2 Å². The van der Waals surface area contributed by atoms with Crippen molar-refractivity contribution in [3.05, 3.63) is 58.5 Å². The van der Waals surface area contributed by atoms with Crippen molar-refractivity contribution >= 4 is 17.6 Å². The van der Waals surface area contributed by atoms with Crippen molar-refractivity contribution in [3.63, 3.8) is 0 Å². The predicted octanol–water partition coefficient (Wildman–Crippen LogP) is 4.64. The molecule has 0 spiro atoms. The van der Waals surface area contributed by atoms with Crippen LogP contribution >= 0.6 is 0 Å². The fourth-order valence-corrected chi connectivity index (χ4v) is 3.76. The van der Waals surface area contributed by atoms with Crippen molar-refractivity contribution in [2.45, 2.75) is 65.4 Å². The van der Waals surface area contributed by atoms with E-state index < -0.39 is 17.0 Å². The minimum atomic E-state index is -0.877. The summed E-state index contributed by atoms with van der Waals surface area (Å²) in [6.45, 7) is 9.87. The van der Waals surface area contributed by atoms with Crippen LogP contribution < -0.4 is 15.6 Å². The number of carbonyl (C=O) groups is 2. The molecule has 0 bridgehead atoms. The van der Waals surface area contributed by atoms with Gasteiger partial charge in [0.2, 0.25) is 11.5 Å². The van der Waals surface area contributed by atoms with Crippen LogP contribution in [0.25, 0.3) is 0 Å². The van der Waals surface area contributed by atoms with E-state index in [1.807, 2.05) is 13.0 Å². The molecule has 4 rings (SSSR count). The van der Waals surface area contributed by atoms with E-state index in [1.165, 1.54) is 30.3 Å². The number of ether oxygens (including phenoxy) is 2. The summed E-state index contributed by atoms with van der Waals surface area (Å²) >= 11 is 0. The molecule has 2 aliphatic rings. The Bertz CT molecular complexity index is 1030. The van der Waals surface area contributed by atoms with Crippen LogP contribution in [0.3, 0.4) is 0 Å². The van der Waals surface area contributed by atoms with E-state index in [0.717, 1.165) is 24.2 Å². The summed E-state index contributed by atoms with van der Waals surface area (Å²) in [5.74, 6) is 2.09. The minimum absolute atomic E-state index is 0.00401. The number of carbonyl (C=O) groups excluding carboxylic acids is 2. The highest BCUT2D eigenvalue weighted by molar-refractivity contribution is 5.97. The second-order valence-electron chi connectivity index (χ2n) is 10.0. The Morgan fingerprint density at radius 1 is 1.15 bits per heavy atom. The van der Waals surface area contributed by atoms with Crippen molar-refractivity contribution in [1.29, 1.82) is 0 Å². The van der Waals surface area contributed by atoms with Gasteiger partial charge in [-0.1, -0.05) is 32.0 Å². The number of hydrogen-bond acceptors (Lipinski definition) is 5. The molecule has 7 nitrogen and oxygen atoms in total. The summed E-state index contributed by atoms with van der Waals surface area (Å²) in [6, 6.07) is 11.3. The minimum Gasteiger partial charge on any atom is -0.493 e. The van der Waals surface area contributed by atoms with Gasteiger partial charge >= 0.3 is 5.97 Å². The highest BCUT2D eigenvalue weighted by Crippen LogP contribution is 2.53. The van der Waals surface area contributed by atoms with Crippen LogP contribution in [0.4, 0.5) is 5.69 Å². The van der Waals surface area contributed by atoms with Crippen LogP contribution in [0.2, 0.25) is 0 Å². The van der Waals surface area contributed by atoms with E-state index in [4.69, 9.17) is 9.47 Å². The van der Waals surface area contributed by atoms with Crippen molar-refractivity contribution in [3.8, 4) is 5.75 Å². The molecule has 3 atom stereocenters. The van der Waals surface area contributed by atoms with Gasteiger partial charge in [-0.2, -0.15) is 0 Å². The van der Waals surface area contributed by atoms with Gasteiger partial charge in [0.05, 0.1) is 24.1 Å². The van der Waals surface area contributed by atoms with Gasteiger partial charge in [0.15, 0.2) is 0 Å². The third kappa shape index (κ3) is 6.70. The number of H-pyrrole nitrogens is 1. The zero-order chi connectivity index (χ0) is 24.2. The highest BCUT2D eigenvalue weighted by atomic mass is 16.6. The number of benzene rings is 1. The summed E-state index contributed by atoms with van der Waals surface area (Å²) in [5, 5.41) is 2.71. The second kappa shape index (κ2) is 9.81. The molecule has 178 valence electrons. The lowest BCUT2D eigenvalue weighted by Crippen LogP contribution is -2.37. The molecule has 2 N–H and O–H groups in total. The maximum absolute atomic E-state index is 12.4. The average Bonchev–Trinajstić information content (AvgIpc) is 3.55. The molecule has 1 aromatic heterocycles. The number of aromatic amines is 1. The summed E-state index contributed by atoms with van der Waals surface area (Å²) < 4.78 is 10.9. The van der Waals surface area contributed by atoms with Crippen molar-refractivity contribution in [1.82, 2.24) is 4.98 Å². The predicted molar refractivity (Wildman–Crippen MR) is 127 cm³/mol. The van der Waals surface area contributed by atoms with E-state index in [-0.39, 0.29) is 17.9 Å². The van der Waals surface area contributed by atoms with Crippen LogP contribution in [0.15, 0.2) is 47.4 Å². The Hall–Kier alpha value is -3.09. The Balaban J connectivity index is 0.000000227. The Morgan fingerprint density at radius 2 is 1.88 bits per heavy atom. The van der Waals surface area contributed by atoms with Gasteiger partial charge in [0, 0.05) is 18.2 Å². The van der Waals surface area contributed by atoms with E-state index in [9.17, 15) is 14.4 Å². The van der Waals surface area contributed by atoms with Crippen LogP contribution in [-0.4, -0.2) is 29.1 Å². The number of amides is 1. The molecule has 33 heavy (non-hydrogen) atoms. The average molecular weight is 455 g/mol. The molecule has 7 heteroatoms. The zero-order valence-electron chi connectivity index (χ0n) is 20.1. The van der Waals surface area contributed by atoms with Gasteiger partial charge in [0.1, 0.15) is 11.4 Å². The van der Waals surface area contributed by atoms with Gasteiger partial charge in [-0.25, -0.2) is 0 Å². The molecule has 1 saturated carbocycles. The number of fused-ring (bicyclic) bond motifs is 3. The van der Waals surface area contributed by atoms with E-state index in [1.54, 1.807) is 27.7 Å². The highest BCUT2D eigenvalue weighted by Gasteiger charge is 2.43. The fraction of sp³-hybridized carbons (Fsp3) is 0.500. The molecule has 1 amide bonds. The topological polar surface area (TPSA) is 97.5 Å². The fourth-order valence-electron chi connectivity index (χ4n) is 3.76. The Kier molecular flexibility index (Phi) is 7.30. The lowest BCUT2D eigenvalue weighted by Gasteiger charge is -2.28. The number of para-hydroxylation sites is 1. The molecule has 1 fully saturated rings. The summed E-state index contributed by atoms with van der Waals surface area (Å²) in [6.07, 6.45) is 3.25. The van der Waals surface area contributed by atoms with Crippen molar-refractivity contribution in [2.75, 3.05) is 11.9 Å². The number of rotatable bonds is 5. The number of hydrogen-bond donors (Lipinski definition) is 2. The molecule has 1 aliphatic carbocycles. The van der Waals surface area contributed by atoms with E-state index in [0.29, 0.717) is 12.1 Å². The third-order valence-corrected chi connectivity index (χ3v) is 6.02. The number of pyridine rings is 1.